The van der Waals surface area contributed by atoms with Gasteiger partial charge in [-0.15, -0.1) is 0 Å². The van der Waals surface area contributed by atoms with Crippen LogP contribution in [0, 0.1) is 0 Å². The molecule has 0 aliphatic heterocycles. The van der Waals surface area contributed by atoms with Crippen LogP contribution in [0.3, 0.4) is 0 Å². The van der Waals surface area contributed by atoms with Gasteiger partial charge in [0.25, 0.3) is 0 Å². The zero-order valence-corrected chi connectivity index (χ0v) is 7.50. The van der Waals surface area contributed by atoms with E-state index in [0.29, 0.717) is 0 Å². The lowest BCUT2D eigenvalue weighted by Crippen LogP contribution is -2.10. The number of halogens is 1. The Morgan fingerprint density at radius 2 is 1.08 bits per heavy atom. The fraction of sp³-hybridized carbons (Fsp3) is 0. The van der Waals surface area contributed by atoms with Crippen molar-refractivity contribution in [2.24, 2.45) is 5.25 Å². The highest BCUT2D eigenvalue weighted by Gasteiger charge is 2.13. The van der Waals surface area contributed by atoms with Gasteiger partial charge in [-0.1, -0.05) is 8.67 Å². The van der Waals surface area contributed by atoms with E-state index in [1.165, 1.54) is 0 Å². The van der Waals surface area contributed by atoms with Gasteiger partial charge in [0.1, 0.15) is 0 Å². The Bertz CT molecular complexity index is 253. The molecule has 0 fully saturated rings. The molecule has 0 radical (unpaired) electrons. The molecule has 0 aliphatic carbocycles. The summed E-state index contributed by atoms with van der Waals surface area (Å²) in [6.45, 7) is 0. The maximum Gasteiger partial charge on any atom is 0.425 e. The third-order valence-electron chi connectivity index (χ3n) is 0.200. The molecule has 4 N–H and O–H groups in total. The molecule has 0 saturated carbocycles. The smallest absolute Gasteiger partial charge is 0.262 e. The molecule has 9 nitrogen and oxygen atoms in total. The van der Waals surface area contributed by atoms with E-state index < -0.39 is 20.8 Å². The van der Waals surface area contributed by atoms with E-state index >= 15 is 0 Å². The maximum absolute atomic E-state index is 9.51. The van der Waals surface area contributed by atoms with Crippen LogP contribution in [-0.4, -0.2) is 25.9 Å². The molecule has 0 unspecified atom stereocenters. The monoisotopic (exact) mass is 245 g/mol. The lowest BCUT2D eigenvalue weighted by atomic mass is 14.0. The van der Waals surface area contributed by atoms with Crippen LogP contribution in [0.15, 0.2) is 0 Å². The highest BCUT2D eigenvalue weighted by Crippen LogP contribution is 1.92. The highest BCUT2D eigenvalue weighted by atomic mass is 35.5. The Balaban J connectivity index is 0. The first-order chi connectivity index (χ1) is 5.21. The van der Waals surface area contributed by atoms with E-state index in [-0.39, 0.29) is 0 Å². The van der Waals surface area contributed by atoms with Gasteiger partial charge in [0.05, 0.1) is 0 Å². The molecular weight excluding hydrogens is 242 g/mol. The lowest BCUT2D eigenvalue weighted by molar-refractivity contribution is -0.105. The van der Waals surface area contributed by atoms with E-state index in [4.69, 9.17) is 9.11 Å². The van der Waals surface area contributed by atoms with Gasteiger partial charge in [-0.05, 0) is 11.8 Å². The molecule has 0 bridgehead atoms. The average molecular weight is 246 g/mol. The molecule has 0 heterocycles. The van der Waals surface area contributed by atoms with E-state index in [2.05, 4.69) is 25.7 Å². The van der Waals surface area contributed by atoms with Crippen LogP contribution in [0.25, 0.3) is 0 Å². The molecule has 0 aliphatic rings. The summed E-state index contributed by atoms with van der Waals surface area (Å²) in [5, 5.41) is 3.97. The van der Waals surface area contributed by atoms with Gasteiger partial charge < -0.3 is 0 Å². The van der Waals surface area contributed by atoms with Crippen molar-refractivity contribution in [2.45, 2.75) is 0 Å². The molecule has 0 atom stereocenters. The Labute approximate surface area is 73.0 Å². The van der Waals surface area contributed by atoms with Crippen LogP contribution in [0.2, 0.25) is 0 Å². The van der Waals surface area contributed by atoms with Crippen LogP contribution in [0.5, 0.6) is 0 Å². The fourth-order valence-corrected chi connectivity index (χ4v) is 0.632. The highest BCUT2D eigenvalue weighted by molar-refractivity contribution is 7.83. The summed E-state index contributed by atoms with van der Waals surface area (Å²) in [5.41, 5.74) is 0. The molecular formula is H4ClNO8S2. The minimum Gasteiger partial charge on any atom is -0.262 e. The van der Waals surface area contributed by atoms with Gasteiger partial charge in [-0.2, -0.15) is 16.8 Å². The first-order valence-corrected chi connectivity index (χ1v) is 4.92. The van der Waals surface area contributed by atoms with Crippen molar-refractivity contribution >= 4 is 32.6 Å². The van der Waals surface area contributed by atoms with Crippen LogP contribution in [0.1, 0.15) is 0 Å². The molecule has 0 aromatic carbocycles. The maximum atomic E-state index is 9.51. The summed E-state index contributed by atoms with van der Waals surface area (Å²) in [4.78, 5) is 0. The Hall–Kier alpha value is -0.0100. The second kappa shape index (κ2) is 5.60. The molecule has 0 rings (SSSR count). The second-order valence-electron chi connectivity index (χ2n) is 0.992. The van der Waals surface area contributed by atoms with Gasteiger partial charge in [0.15, 0.2) is 0 Å². The van der Waals surface area contributed by atoms with Crippen molar-refractivity contribution in [2.75, 3.05) is 0 Å². The van der Waals surface area contributed by atoms with Crippen LogP contribution >= 0.6 is 11.8 Å². The zero-order valence-electron chi connectivity index (χ0n) is 5.12. The Morgan fingerprint density at radius 1 is 0.917 bits per heavy atom. The minimum atomic E-state index is -5.02. The molecule has 12 heavy (non-hydrogen) atoms. The van der Waals surface area contributed by atoms with Crippen LogP contribution in [0.4, 0.5) is 0 Å². The quantitative estimate of drug-likeness (QED) is 0.237. The summed E-state index contributed by atoms with van der Waals surface area (Å²) in [6.07, 6.45) is 0. The van der Waals surface area contributed by atoms with Crippen molar-refractivity contribution in [1.82, 2.24) is 0 Å². The molecule has 12 heteroatoms. The lowest BCUT2D eigenvalue weighted by Gasteiger charge is -1.92. The average Bonchev–Trinajstić information content (AvgIpc) is 1.86. The normalized spacial score (nSPS) is 11.7. The fourth-order valence-electron chi connectivity index (χ4n) is 0.0702. The van der Waals surface area contributed by atoms with Crippen molar-refractivity contribution < 1.29 is 34.6 Å². The van der Waals surface area contributed by atoms with Crippen LogP contribution in [-0.2, 0) is 29.5 Å². The number of nitrogens with two attached hydrogens (primary N) is 1. The third-order valence-corrected chi connectivity index (χ3v) is 0.766. The van der Waals surface area contributed by atoms with Gasteiger partial charge in [-0.3, -0.25) is 9.11 Å². The van der Waals surface area contributed by atoms with Gasteiger partial charge >= 0.3 is 20.8 Å². The number of rotatable bonds is 3. The number of hydrogen-bond donors (Lipinski definition) is 3. The standard InChI is InChI=1S/ClH2N.H2O8S2/c1-2;1-9(2,3)7-8-10(4,5)6/h2H2;(H,1,2,3)(H,4,5,6). The predicted octanol–water partition coefficient (Wildman–Crippen LogP) is -1.36. The molecule has 76 valence electrons. The Morgan fingerprint density at radius 3 is 1.17 bits per heavy atom. The van der Waals surface area contributed by atoms with Gasteiger partial charge in [-0.25, -0.2) is 5.25 Å². The third kappa shape index (κ3) is 16.5. The predicted molar refractivity (Wildman–Crippen MR) is 35.3 cm³/mol. The van der Waals surface area contributed by atoms with E-state index in [1.807, 2.05) is 0 Å². The van der Waals surface area contributed by atoms with Crippen LogP contribution < -0.4 is 5.25 Å². The van der Waals surface area contributed by atoms with E-state index in [0.717, 1.165) is 0 Å². The Kier molecular flexibility index (Phi) is 6.78. The van der Waals surface area contributed by atoms with Crippen molar-refractivity contribution in [3.05, 3.63) is 0 Å². The largest absolute Gasteiger partial charge is 0.425 e. The molecule has 0 amide bonds. The van der Waals surface area contributed by atoms with E-state index in [1.54, 1.807) is 0 Å². The SMILES string of the molecule is NCl.O=S(=O)(O)OOS(=O)(=O)O. The van der Waals surface area contributed by atoms with Gasteiger partial charge in [0, 0.05) is 0 Å². The number of hydrogen-bond acceptors (Lipinski definition) is 7. The summed E-state index contributed by atoms with van der Waals surface area (Å²) in [5.74, 6) is 0. The summed E-state index contributed by atoms with van der Waals surface area (Å²) >= 11 is 4.14. The van der Waals surface area contributed by atoms with Crippen molar-refractivity contribution in [3.63, 3.8) is 0 Å². The first-order valence-electron chi connectivity index (χ1n) is 1.75. The van der Waals surface area contributed by atoms with Crippen molar-refractivity contribution in [3.8, 4) is 0 Å². The molecule has 0 aromatic rings. The second-order valence-corrected chi connectivity index (χ2v) is 2.97. The summed E-state index contributed by atoms with van der Waals surface area (Å²) < 4.78 is 58.9. The summed E-state index contributed by atoms with van der Waals surface area (Å²) in [7, 11) is -10.0. The molecule has 0 aromatic heterocycles. The molecule has 0 spiro atoms. The van der Waals surface area contributed by atoms with Gasteiger partial charge in [0.2, 0.25) is 0 Å². The van der Waals surface area contributed by atoms with E-state index in [9.17, 15) is 16.8 Å². The molecule has 0 saturated heterocycles. The zero-order chi connectivity index (χ0) is 10.4. The summed E-state index contributed by atoms with van der Waals surface area (Å²) in [6, 6.07) is 0. The topological polar surface area (TPSA) is 153 Å². The minimum absolute atomic E-state index is 2.78. The first kappa shape index (κ1) is 14.5. The van der Waals surface area contributed by atoms with Crippen molar-refractivity contribution in [1.29, 1.82) is 0 Å².